The van der Waals surface area contributed by atoms with Gasteiger partial charge in [0, 0.05) is 18.8 Å². The number of hydrogen-bond donors (Lipinski definition) is 1. The molecular weight excluding hydrogens is 279 g/mol. The molecule has 0 aromatic heterocycles. The largest absolute Gasteiger partial charge is 0.362 e. The van der Waals surface area contributed by atoms with Crippen LogP contribution in [0.25, 0.3) is 0 Å². The number of nitrogens with zero attached hydrogens (tertiary/aromatic N) is 1. The zero-order valence-corrected chi connectivity index (χ0v) is 13.0. The fraction of sp³-hybridized carbons (Fsp3) is 0.278. The molecule has 2 rings (SSSR count). The molecule has 116 valence electrons. The monoisotopic (exact) mass is 300 g/mol. The number of likely N-dealkylation sites (N-methyl/N-ethyl adjacent to an activating group) is 1. The summed E-state index contributed by atoms with van der Waals surface area (Å²) in [5.74, 6) is -0.320. The number of amides is 1. The van der Waals surface area contributed by atoms with Crippen molar-refractivity contribution in [2.24, 2.45) is 0 Å². The van der Waals surface area contributed by atoms with Crippen LogP contribution in [0.15, 0.2) is 48.5 Å². The number of hydrogen-bond acceptors (Lipinski definition) is 2. The lowest BCUT2D eigenvalue weighted by molar-refractivity contribution is -0.119. The van der Waals surface area contributed by atoms with Crippen LogP contribution < -0.4 is 10.2 Å². The Balaban J connectivity index is 1.90. The second-order valence-corrected chi connectivity index (χ2v) is 5.26. The van der Waals surface area contributed by atoms with Crippen molar-refractivity contribution in [1.82, 2.24) is 5.32 Å². The van der Waals surface area contributed by atoms with Gasteiger partial charge in [0.25, 0.3) is 0 Å². The molecule has 22 heavy (non-hydrogen) atoms. The minimum absolute atomic E-state index is 0.0484. The van der Waals surface area contributed by atoms with Gasteiger partial charge < -0.3 is 10.2 Å². The predicted molar refractivity (Wildman–Crippen MR) is 87.3 cm³/mol. The van der Waals surface area contributed by atoms with E-state index in [0.717, 1.165) is 17.8 Å². The molecule has 0 unspecified atom stereocenters. The van der Waals surface area contributed by atoms with E-state index in [9.17, 15) is 9.18 Å². The number of aryl methyl sites for hydroxylation is 1. The number of carbonyl (C=O) groups is 1. The maximum absolute atomic E-state index is 12.8. The second kappa shape index (κ2) is 7.59. The van der Waals surface area contributed by atoms with E-state index in [1.165, 1.54) is 17.7 Å². The molecule has 0 aliphatic rings. The fourth-order valence-corrected chi connectivity index (χ4v) is 2.24. The number of carbonyl (C=O) groups excluding carboxylic acids is 1. The summed E-state index contributed by atoms with van der Waals surface area (Å²) in [6, 6.07) is 14.2. The smallest absolute Gasteiger partial charge is 0.239 e. The van der Waals surface area contributed by atoms with E-state index in [0.29, 0.717) is 13.1 Å². The van der Waals surface area contributed by atoms with Gasteiger partial charge in [-0.1, -0.05) is 24.3 Å². The first-order chi connectivity index (χ1) is 10.6. The van der Waals surface area contributed by atoms with Crippen LogP contribution in [0.5, 0.6) is 0 Å². The first kappa shape index (κ1) is 16.0. The van der Waals surface area contributed by atoms with Gasteiger partial charge in [-0.3, -0.25) is 4.79 Å². The standard InChI is InChI=1S/C18H21FN2O/c1-3-21(17-6-4-5-14(2)11-17)13-18(22)20-12-15-7-9-16(19)10-8-15/h4-11H,3,12-13H2,1-2H3,(H,20,22). The molecule has 4 heteroatoms. The van der Waals surface area contributed by atoms with Crippen LogP contribution in [-0.4, -0.2) is 19.0 Å². The lowest BCUT2D eigenvalue weighted by Crippen LogP contribution is -2.37. The summed E-state index contributed by atoms with van der Waals surface area (Å²) in [5, 5.41) is 2.86. The van der Waals surface area contributed by atoms with Crippen molar-refractivity contribution in [1.29, 1.82) is 0 Å². The van der Waals surface area contributed by atoms with Crippen molar-refractivity contribution in [2.75, 3.05) is 18.0 Å². The molecule has 1 amide bonds. The zero-order valence-electron chi connectivity index (χ0n) is 13.0. The van der Waals surface area contributed by atoms with Crippen LogP contribution in [0.2, 0.25) is 0 Å². The van der Waals surface area contributed by atoms with Crippen molar-refractivity contribution in [3.05, 3.63) is 65.5 Å². The third-order valence-electron chi connectivity index (χ3n) is 3.49. The summed E-state index contributed by atoms with van der Waals surface area (Å²) in [5.41, 5.74) is 3.09. The number of halogens is 1. The first-order valence-corrected chi connectivity index (χ1v) is 7.41. The lowest BCUT2D eigenvalue weighted by Gasteiger charge is -2.22. The molecule has 0 aliphatic carbocycles. The number of rotatable bonds is 6. The molecule has 1 N–H and O–H groups in total. The van der Waals surface area contributed by atoms with Crippen LogP contribution in [-0.2, 0) is 11.3 Å². The summed E-state index contributed by atoms with van der Waals surface area (Å²) in [6.07, 6.45) is 0. The van der Waals surface area contributed by atoms with Gasteiger partial charge in [0.15, 0.2) is 0 Å². The minimum atomic E-state index is -0.272. The lowest BCUT2D eigenvalue weighted by atomic mass is 10.2. The Kier molecular flexibility index (Phi) is 5.53. The zero-order chi connectivity index (χ0) is 15.9. The molecular formula is C18H21FN2O. The van der Waals surface area contributed by atoms with Gasteiger partial charge >= 0.3 is 0 Å². The molecule has 2 aromatic rings. The molecule has 0 radical (unpaired) electrons. The van der Waals surface area contributed by atoms with Gasteiger partial charge in [-0.2, -0.15) is 0 Å². The summed E-state index contributed by atoms with van der Waals surface area (Å²) >= 11 is 0. The molecule has 2 aromatic carbocycles. The van der Waals surface area contributed by atoms with Crippen LogP contribution in [0.3, 0.4) is 0 Å². The maximum Gasteiger partial charge on any atom is 0.239 e. The molecule has 0 fully saturated rings. The van der Waals surface area contributed by atoms with Crippen LogP contribution in [0.1, 0.15) is 18.1 Å². The Bertz CT molecular complexity index is 625. The summed E-state index contributed by atoms with van der Waals surface area (Å²) in [4.78, 5) is 14.1. The van der Waals surface area contributed by atoms with E-state index < -0.39 is 0 Å². The number of benzene rings is 2. The Morgan fingerprint density at radius 1 is 1.18 bits per heavy atom. The SMILES string of the molecule is CCN(CC(=O)NCc1ccc(F)cc1)c1cccc(C)c1. The normalized spacial score (nSPS) is 10.3. The fourth-order valence-electron chi connectivity index (χ4n) is 2.24. The van der Waals surface area contributed by atoms with Crippen LogP contribution in [0, 0.1) is 12.7 Å². The third-order valence-corrected chi connectivity index (χ3v) is 3.49. The van der Waals surface area contributed by atoms with E-state index in [-0.39, 0.29) is 11.7 Å². The van der Waals surface area contributed by atoms with E-state index in [2.05, 4.69) is 11.4 Å². The van der Waals surface area contributed by atoms with Crippen molar-refractivity contribution >= 4 is 11.6 Å². The summed E-state index contributed by atoms with van der Waals surface area (Å²) in [6.45, 7) is 5.53. The molecule has 0 saturated carbocycles. The highest BCUT2D eigenvalue weighted by atomic mass is 19.1. The highest BCUT2D eigenvalue weighted by Crippen LogP contribution is 2.15. The Morgan fingerprint density at radius 3 is 2.55 bits per heavy atom. The highest BCUT2D eigenvalue weighted by Gasteiger charge is 2.10. The van der Waals surface area contributed by atoms with E-state index >= 15 is 0 Å². The van der Waals surface area contributed by atoms with Gasteiger partial charge in [0.05, 0.1) is 6.54 Å². The molecule has 3 nitrogen and oxygen atoms in total. The number of anilines is 1. The third kappa shape index (κ3) is 4.58. The maximum atomic E-state index is 12.8. The minimum Gasteiger partial charge on any atom is -0.362 e. The topological polar surface area (TPSA) is 32.3 Å². The van der Waals surface area contributed by atoms with Gasteiger partial charge in [0.2, 0.25) is 5.91 Å². The molecule has 0 heterocycles. The molecule has 0 aliphatic heterocycles. The average Bonchev–Trinajstić information content (AvgIpc) is 2.52. The first-order valence-electron chi connectivity index (χ1n) is 7.41. The van der Waals surface area contributed by atoms with E-state index in [1.54, 1.807) is 12.1 Å². The molecule has 0 bridgehead atoms. The predicted octanol–water partition coefficient (Wildman–Crippen LogP) is 3.28. The molecule has 0 atom stereocenters. The van der Waals surface area contributed by atoms with Crippen molar-refractivity contribution in [3.8, 4) is 0 Å². The average molecular weight is 300 g/mol. The number of nitrogens with one attached hydrogen (secondary N) is 1. The van der Waals surface area contributed by atoms with Gasteiger partial charge in [0.1, 0.15) is 5.82 Å². The van der Waals surface area contributed by atoms with Gasteiger partial charge in [-0.15, -0.1) is 0 Å². The summed E-state index contributed by atoms with van der Waals surface area (Å²) in [7, 11) is 0. The van der Waals surface area contributed by atoms with Crippen LogP contribution >= 0.6 is 0 Å². The summed E-state index contributed by atoms with van der Waals surface area (Å²) < 4.78 is 12.8. The molecule has 0 saturated heterocycles. The van der Waals surface area contributed by atoms with Gasteiger partial charge in [-0.05, 0) is 49.2 Å². The van der Waals surface area contributed by atoms with E-state index in [4.69, 9.17) is 0 Å². The van der Waals surface area contributed by atoms with Gasteiger partial charge in [-0.25, -0.2) is 4.39 Å². The molecule has 0 spiro atoms. The van der Waals surface area contributed by atoms with Crippen molar-refractivity contribution < 1.29 is 9.18 Å². The Morgan fingerprint density at radius 2 is 1.91 bits per heavy atom. The van der Waals surface area contributed by atoms with Crippen molar-refractivity contribution in [2.45, 2.75) is 20.4 Å². The highest BCUT2D eigenvalue weighted by molar-refractivity contribution is 5.81. The van der Waals surface area contributed by atoms with Crippen molar-refractivity contribution in [3.63, 3.8) is 0 Å². The van der Waals surface area contributed by atoms with E-state index in [1.807, 2.05) is 36.9 Å². The quantitative estimate of drug-likeness (QED) is 0.888. The Hall–Kier alpha value is -2.36. The van der Waals surface area contributed by atoms with Crippen LogP contribution in [0.4, 0.5) is 10.1 Å². The second-order valence-electron chi connectivity index (χ2n) is 5.26. The Labute approximate surface area is 130 Å².